The molecule has 5 heteroatoms. The van der Waals surface area contributed by atoms with Crippen LogP contribution < -0.4 is 4.74 Å². The fraction of sp³-hybridized carbons (Fsp3) is 0.368. The summed E-state index contributed by atoms with van der Waals surface area (Å²) in [5.74, 6) is 0.662. The summed E-state index contributed by atoms with van der Waals surface area (Å²) >= 11 is 6.10. The molecule has 1 atom stereocenters. The molecule has 1 unspecified atom stereocenters. The first-order valence-corrected chi connectivity index (χ1v) is 8.55. The van der Waals surface area contributed by atoms with E-state index in [4.69, 9.17) is 16.3 Å². The quantitative estimate of drug-likeness (QED) is 0.840. The van der Waals surface area contributed by atoms with Crippen LogP contribution in [0, 0.1) is 11.7 Å². The highest BCUT2D eigenvalue weighted by molar-refractivity contribution is 6.30. The van der Waals surface area contributed by atoms with Gasteiger partial charge in [0, 0.05) is 16.1 Å². The number of halogens is 2. The number of benzene rings is 2. The van der Waals surface area contributed by atoms with Crippen molar-refractivity contribution in [2.75, 3.05) is 20.1 Å². The molecule has 1 fully saturated rings. The lowest BCUT2D eigenvalue weighted by Gasteiger charge is -2.44. The average Bonchev–Trinajstić information content (AvgIpc) is 2.56. The molecule has 4 rings (SSSR count). The highest BCUT2D eigenvalue weighted by atomic mass is 35.5. The number of fused-ring (bicyclic) bond motifs is 2. The number of ether oxygens (including phenoxy) is 1. The average molecular weight is 348 g/mol. The Morgan fingerprint density at radius 2 is 1.88 bits per heavy atom. The number of rotatable bonds is 1. The van der Waals surface area contributed by atoms with Crippen molar-refractivity contribution in [3.8, 4) is 11.5 Å². The van der Waals surface area contributed by atoms with Crippen molar-refractivity contribution in [3.05, 3.63) is 58.4 Å². The maximum absolute atomic E-state index is 13.9. The van der Waals surface area contributed by atoms with Gasteiger partial charge in [-0.15, -0.1) is 0 Å². The second-order valence-electron chi connectivity index (χ2n) is 6.73. The number of hydrogen-bond acceptors (Lipinski definition) is 3. The molecule has 1 N–H and O–H groups in total. The summed E-state index contributed by atoms with van der Waals surface area (Å²) in [6.45, 7) is 1.81. The van der Waals surface area contributed by atoms with E-state index in [1.807, 2.05) is 0 Å². The van der Waals surface area contributed by atoms with Gasteiger partial charge in [0.05, 0.1) is 0 Å². The third-order valence-corrected chi connectivity index (χ3v) is 5.47. The van der Waals surface area contributed by atoms with Crippen molar-refractivity contribution in [1.29, 1.82) is 0 Å². The van der Waals surface area contributed by atoms with Gasteiger partial charge in [-0.1, -0.05) is 17.7 Å². The largest absolute Gasteiger partial charge is 0.456 e. The smallest absolute Gasteiger partial charge is 0.135 e. The maximum Gasteiger partial charge on any atom is 0.135 e. The van der Waals surface area contributed by atoms with Crippen LogP contribution in [0.3, 0.4) is 0 Å². The fourth-order valence-corrected chi connectivity index (χ4v) is 4.08. The summed E-state index contributed by atoms with van der Waals surface area (Å²) in [6.07, 6.45) is 1.68. The first-order chi connectivity index (χ1) is 11.5. The Hall–Kier alpha value is -1.62. The lowest BCUT2D eigenvalue weighted by Crippen LogP contribution is -2.44. The minimum Gasteiger partial charge on any atom is -0.456 e. The first kappa shape index (κ1) is 15.9. The fourth-order valence-electron chi connectivity index (χ4n) is 3.91. The summed E-state index contributed by atoms with van der Waals surface area (Å²) in [7, 11) is 2.07. The third-order valence-electron chi connectivity index (χ3n) is 5.24. The summed E-state index contributed by atoms with van der Waals surface area (Å²) in [5.41, 5.74) is -0.0944. The van der Waals surface area contributed by atoms with Gasteiger partial charge in [0.1, 0.15) is 22.9 Å². The zero-order valence-electron chi connectivity index (χ0n) is 13.4. The lowest BCUT2D eigenvalue weighted by atomic mass is 9.70. The van der Waals surface area contributed by atoms with Gasteiger partial charge in [-0.2, -0.15) is 0 Å². The van der Waals surface area contributed by atoms with Crippen molar-refractivity contribution >= 4 is 11.6 Å². The molecule has 0 amide bonds. The molecule has 0 spiro atoms. The van der Waals surface area contributed by atoms with Gasteiger partial charge in [0.25, 0.3) is 0 Å². The molecular weight excluding hydrogens is 329 g/mol. The standard InChI is InChI=1S/C19H19ClFNO2/c1-22-8-6-12(7-9-22)19(23)15-4-2-13(20)10-18(15)24-17-5-3-14(21)11-16(17)19/h2-5,10-12,23H,6-9H2,1H3. The van der Waals surface area contributed by atoms with Gasteiger partial charge in [0.15, 0.2) is 0 Å². The number of piperidine rings is 1. The van der Waals surface area contributed by atoms with Gasteiger partial charge < -0.3 is 14.7 Å². The van der Waals surface area contributed by atoms with E-state index in [-0.39, 0.29) is 11.7 Å². The molecular formula is C19H19ClFNO2. The maximum atomic E-state index is 13.9. The molecule has 2 heterocycles. The molecule has 0 aromatic heterocycles. The van der Waals surface area contributed by atoms with Crippen LogP contribution >= 0.6 is 11.6 Å². The van der Waals surface area contributed by atoms with Gasteiger partial charge >= 0.3 is 0 Å². The summed E-state index contributed by atoms with van der Waals surface area (Å²) < 4.78 is 19.8. The molecule has 2 aromatic rings. The predicted molar refractivity (Wildman–Crippen MR) is 91.1 cm³/mol. The van der Waals surface area contributed by atoms with Crippen LogP contribution in [0.1, 0.15) is 24.0 Å². The molecule has 0 bridgehead atoms. The molecule has 126 valence electrons. The van der Waals surface area contributed by atoms with Crippen molar-refractivity contribution < 1.29 is 14.2 Å². The van der Waals surface area contributed by atoms with Crippen LogP contribution in [0.4, 0.5) is 4.39 Å². The van der Waals surface area contributed by atoms with Crippen molar-refractivity contribution in [3.63, 3.8) is 0 Å². The Balaban J connectivity index is 1.89. The monoisotopic (exact) mass is 347 g/mol. The third kappa shape index (κ3) is 2.41. The molecule has 0 radical (unpaired) electrons. The zero-order valence-corrected chi connectivity index (χ0v) is 14.2. The van der Waals surface area contributed by atoms with Crippen LogP contribution in [0.2, 0.25) is 5.02 Å². The molecule has 3 nitrogen and oxygen atoms in total. The van der Waals surface area contributed by atoms with Crippen LogP contribution in [-0.4, -0.2) is 30.1 Å². The normalized spacial score (nSPS) is 24.2. The lowest BCUT2D eigenvalue weighted by molar-refractivity contribution is -0.0180. The van der Waals surface area contributed by atoms with Crippen molar-refractivity contribution in [1.82, 2.24) is 4.90 Å². The van der Waals surface area contributed by atoms with Crippen LogP contribution in [0.5, 0.6) is 11.5 Å². The predicted octanol–water partition coefficient (Wildman–Crippen LogP) is 4.16. The minimum atomic E-state index is -1.27. The highest BCUT2D eigenvalue weighted by Crippen LogP contribution is 2.53. The second kappa shape index (κ2) is 5.73. The molecule has 24 heavy (non-hydrogen) atoms. The van der Waals surface area contributed by atoms with E-state index in [0.717, 1.165) is 25.9 Å². The Morgan fingerprint density at radius 3 is 2.62 bits per heavy atom. The SMILES string of the molecule is CN1CCC(C2(O)c3ccc(Cl)cc3Oc3ccc(F)cc32)CC1. The second-order valence-corrected chi connectivity index (χ2v) is 7.16. The van der Waals surface area contributed by atoms with E-state index >= 15 is 0 Å². The Kier molecular flexibility index (Phi) is 3.79. The Bertz CT molecular complexity index is 789. The molecule has 2 aliphatic rings. The number of nitrogens with zero attached hydrogens (tertiary/aromatic N) is 1. The van der Waals surface area contributed by atoms with Crippen LogP contribution in [-0.2, 0) is 5.60 Å². The van der Waals surface area contributed by atoms with Gasteiger partial charge in [-0.25, -0.2) is 4.39 Å². The van der Waals surface area contributed by atoms with E-state index in [1.54, 1.807) is 24.3 Å². The molecule has 2 aromatic carbocycles. The molecule has 2 aliphatic heterocycles. The summed E-state index contributed by atoms with van der Waals surface area (Å²) in [6, 6.07) is 9.57. The summed E-state index contributed by atoms with van der Waals surface area (Å²) in [4.78, 5) is 2.24. The van der Waals surface area contributed by atoms with E-state index < -0.39 is 5.60 Å². The molecule has 0 saturated carbocycles. The van der Waals surface area contributed by atoms with Crippen molar-refractivity contribution in [2.24, 2.45) is 5.92 Å². The van der Waals surface area contributed by atoms with Crippen molar-refractivity contribution in [2.45, 2.75) is 18.4 Å². The Labute approximate surface area is 145 Å². The minimum absolute atomic E-state index is 0.00178. The first-order valence-electron chi connectivity index (χ1n) is 8.17. The van der Waals surface area contributed by atoms with Gasteiger partial charge in [-0.3, -0.25) is 0 Å². The zero-order chi connectivity index (χ0) is 16.9. The number of aliphatic hydroxyl groups is 1. The number of hydrogen-bond donors (Lipinski definition) is 1. The van der Waals surface area contributed by atoms with E-state index in [1.165, 1.54) is 12.1 Å². The van der Waals surface area contributed by atoms with Gasteiger partial charge in [0.2, 0.25) is 0 Å². The van der Waals surface area contributed by atoms with E-state index in [0.29, 0.717) is 27.6 Å². The van der Waals surface area contributed by atoms with Crippen LogP contribution in [0.25, 0.3) is 0 Å². The summed E-state index contributed by atoms with van der Waals surface area (Å²) in [5, 5.41) is 12.3. The highest BCUT2D eigenvalue weighted by Gasteiger charge is 2.47. The molecule has 1 saturated heterocycles. The number of likely N-dealkylation sites (tertiary alicyclic amines) is 1. The van der Waals surface area contributed by atoms with E-state index in [2.05, 4.69) is 11.9 Å². The molecule has 0 aliphatic carbocycles. The Morgan fingerprint density at radius 1 is 1.12 bits per heavy atom. The van der Waals surface area contributed by atoms with Crippen LogP contribution in [0.15, 0.2) is 36.4 Å². The van der Waals surface area contributed by atoms with E-state index in [9.17, 15) is 9.50 Å². The van der Waals surface area contributed by atoms with Gasteiger partial charge in [-0.05, 0) is 69.2 Å². The topological polar surface area (TPSA) is 32.7 Å².